The highest BCUT2D eigenvalue weighted by molar-refractivity contribution is 6.30. The highest BCUT2D eigenvalue weighted by atomic mass is 35.5. The quantitative estimate of drug-likeness (QED) is 0.345. The summed E-state index contributed by atoms with van der Waals surface area (Å²) in [5.41, 5.74) is 1.36. The second-order valence-corrected chi connectivity index (χ2v) is 7.04. The smallest absolute Gasteiger partial charge is 0.254 e. The molecule has 0 fully saturated rings. The zero-order valence-electron chi connectivity index (χ0n) is 20.0. The molecule has 1 aromatic carbocycles. The van der Waals surface area contributed by atoms with Gasteiger partial charge >= 0.3 is 0 Å². The molecule has 0 saturated carbocycles. The predicted octanol–water partition coefficient (Wildman–Crippen LogP) is 8.40. The van der Waals surface area contributed by atoms with Crippen LogP contribution in [0.3, 0.4) is 0 Å². The van der Waals surface area contributed by atoms with Gasteiger partial charge in [-0.3, -0.25) is 4.79 Å². The third kappa shape index (κ3) is 12.5. The average molecular weight is 423 g/mol. The number of carbonyl (C=O) groups is 1. The van der Waals surface area contributed by atoms with E-state index in [2.05, 4.69) is 32.7 Å². The molecule has 0 saturated heterocycles. The second kappa shape index (κ2) is 19.7. The van der Waals surface area contributed by atoms with Crippen LogP contribution in [0, 0.1) is 0 Å². The van der Waals surface area contributed by atoms with Crippen LogP contribution in [0.15, 0.2) is 30.3 Å². The summed E-state index contributed by atoms with van der Waals surface area (Å²) in [6.07, 6.45) is 7.72. The molecule has 0 unspecified atom stereocenters. The molecule has 4 heteroatoms. The Morgan fingerprint density at radius 2 is 1.48 bits per heavy atom. The summed E-state index contributed by atoms with van der Waals surface area (Å²) in [4.78, 5) is 18.3. The zero-order valence-corrected chi connectivity index (χ0v) is 20.8. The maximum Gasteiger partial charge on any atom is 0.254 e. The van der Waals surface area contributed by atoms with Crippen molar-refractivity contribution in [2.45, 2.75) is 87.0 Å². The van der Waals surface area contributed by atoms with Crippen molar-refractivity contribution in [2.75, 3.05) is 13.6 Å². The van der Waals surface area contributed by atoms with E-state index in [0.717, 1.165) is 23.9 Å². The number of hydrogen-bond donors (Lipinski definition) is 0. The summed E-state index contributed by atoms with van der Waals surface area (Å²) < 4.78 is 0. The van der Waals surface area contributed by atoms with Gasteiger partial charge in [0, 0.05) is 19.0 Å². The van der Waals surface area contributed by atoms with E-state index >= 15 is 0 Å². The topological polar surface area (TPSA) is 33.2 Å². The van der Waals surface area contributed by atoms with Gasteiger partial charge in [-0.25, -0.2) is 4.98 Å². The molecule has 2 aromatic rings. The molecule has 1 heterocycles. The lowest BCUT2D eigenvalue weighted by Gasteiger charge is -2.17. The Morgan fingerprint density at radius 3 is 1.97 bits per heavy atom. The van der Waals surface area contributed by atoms with E-state index in [1.807, 2.05) is 45.0 Å². The summed E-state index contributed by atoms with van der Waals surface area (Å²) in [5, 5.41) is 1.19. The van der Waals surface area contributed by atoms with Gasteiger partial charge in [0.05, 0.1) is 11.1 Å². The first-order valence-corrected chi connectivity index (χ1v) is 11.6. The van der Waals surface area contributed by atoms with Crippen LogP contribution in [-0.2, 0) is 0 Å². The molecule has 1 aromatic heterocycles. The molecule has 0 atom stereocenters. The Hall–Kier alpha value is -1.61. The van der Waals surface area contributed by atoms with E-state index < -0.39 is 0 Å². The number of rotatable bonds is 6. The van der Waals surface area contributed by atoms with Gasteiger partial charge in [-0.15, -0.1) is 0 Å². The van der Waals surface area contributed by atoms with Gasteiger partial charge in [0.25, 0.3) is 5.91 Å². The fourth-order valence-electron chi connectivity index (χ4n) is 2.46. The van der Waals surface area contributed by atoms with Crippen molar-refractivity contribution in [3.05, 3.63) is 41.0 Å². The summed E-state index contributed by atoms with van der Waals surface area (Å²) in [5.74, 6) is -0.0163. The van der Waals surface area contributed by atoms with Crippen molar-refractivity contribution in [1.29, 1.82) is 0 Å². The number of pyridine rings is 1. The van der Waals surface area contributed by atoms with E-state index in [1.54, 1.807) is 18.0 Å². The van der Waals surface area contributed by atoms with E-state index in [-0.39, 0.29) is 5.91 Å². The SMILES string of the molecule is CC.CCC.CCCCCC.CCCN(C)C(=O)c1cc(Cl)nc2ccccc12. The monoisotopic (exact) mass is 422 g/mol. The van der Waals surface area contributed by atoms with E-state index in [1.165, 1.54) is 32.1 Å². The number of unbranched alkanes of at least 4 members (excludes halogenated alkanes) is 3. The highest BCUT2D eigenvalue weighted by Gasteiger charge is 2.15. The predicted molar refractivity (Wildman–Crippen MR) is 131 cm³/mol. The summed E-state index contributed by atoms with van der Waals surface area (Å²) >= 11 is 5.97. The number of aromatic nitrogens is 1. The number of carbonyl (C=O) groups excluding carboxylic acids is 1. The van der Waals surface area contributed by atoms with Crippen molar-refractivity contribution in [3.63, 3.8) is 0 Å². The third-order valence-electron chi connectivity index (χ3n) is 3.78. The normalized spacial score (nSPS) is 9.28. The lowest BCUT2D eigenvalue weighted by Crippen LogP contribution is -2.27. The molecule has 0 aliphatic carbocycles. The lowest BCUT2D eigenvalue weighted by atomic mass is 10.1. The molecule has 3 nitrogen and oxygen atoms in total. The third-order valence-corrected chi connectivity index (χ3v) is 3.97. The van der Waals surface area contributed by atoms with Crippen molar-refractivity contribution in [1.82, 2.24) is 9.88 Å². The first kappa shape index (κ1) is 29.6. The molecule has 0 spiro atoms. The Morgan fingerprint density at radius 1 is 0.966 bits per heavy atom. The molecule has 166 valence electrons. The summed E-state index contributed by atoms with van der Waals surface area (Å²) in [7, 11) is 1.80. The maximum absolute atomic E-state index is 12.3. The van der Waals surface area contributed by atoms with Gasteiger partial charge in [0.1, 0.15) is 5.15 Å². The minimum absolute atomic E-state index is 0.0163. The fourth-order valence-corrected chi connectivity index (χ4v) is 2.66. The van der Waals surface area contributed by atoms with Gasteiger partial charge < -0.3 is 4.90 Å². The number of para-hydroxylation sites is 1. The number of halogens is 1. The molecular formula is C25H43ClN2O. The van der Waals surface area contributed by atoms with E-state index in [9.17, 15) is 4.79 Å². The number of amides is 1. The van der Waals surface area contributed by atoms with Crippen LogP contribution in [0.2, 0.25) is 5.15 Å². The van der Waals surface area contributed by atoms with Gasteiger partial charge in [0.15, 0.2) is 0 Å². The van der Waals surface area contributed by atoms with Crippen LogP contribution in [0.25, 0.3) is 10.9 Å². The Kier molecular flexibility index (Phi) is 20.1. The first-order chi connectivity index (χ1) is 14.0. The summed E-state index contributed by atoms with van der Waals surface area (Å²) in [6.45, 7) is 15.5. The van der Waals surface area contributed by atoms with Crippen LogP contribution in [0.5, 0.6) is 0 Å². The van der Waals surface area contributed by atoms with Crippen LogP contribution < -0.4 is 0 Å². The van der Waals surface area contributed by atoms with Crippen molar-refractivity contribution < 1.29 is 4.79 Å². The highest BCUT2D eigenvalue weighted by Crippen LogP contribution is 2.21. The van der Waals surface area contributed by atoms with Crippen LogP contribution in [0.4, 0.5) is 0 Å². The van der Waals surface area contributed by atoms with Crippen molar-refractivity contribution >= 4 is 28.4 Å². The van der Waals surface area contributed by atoms with Gasteiger partial charge in [-0.05, 0) is 18.6 Å². The van der Waals surface area contributed by atoms with Crippen LogP contribution >= 0.6 is 11.6 Å². The van der Waals surface area contributed by atoms with Gasteiger partial charge in [0.2, 0.25) is 0 Å². The van der Waals surface area contributed by atoms with Crippen molar-refractivity contribution in [2.24, 2.45) is 0 Å². The fraction of sp³-hybridized carbons (Fsp3) is 0.600. The molecule has 0 bridgehead atoms. The Bertz CT molecular complexity index is 654. The molecule has 0 aliphatic rings. The molecule has 29 heavy (non-hydrogen) atoms. The Labute approximate surface area is 184 Å². The molecule has 0 N–H and O–H groups in total. The molecule has 1 amide bonds. The number of nitrogens with zero attached hydrogens (tertiary/aromatic N) is 2. The van der Waals surface area contributed by atoms with Gasteiger partial charge in [-0.2, -0.15) is 0 Å². The van der Waals surface area contributed by atoms with E-state index in [4.69, 9.17) is 11.6 Å². The van der Waals surface area contributed by atoms with Crippen LogP contribution in [0.1, 0.15) is 97.3 Å². The standard InChI is InChI=1S/C14H15ClN2O.C6H14.C3H8.C2H6/c1-3-8-17(2)14(18)11-9-13(15)16-12-7-5-4-6-10(11)12;1-3-5-6-4-2;1-3-2;1-2/h4-7,9H,3,8H2,1-2H3;3-6H2,1-2H3;3H2,1-2H3;1-2H3. The molecular weight excluding hydrogens is 380 g/mol. The number of benzene rings is 1. The molecule has 0 radical (unpaired) electrons. The average Bonchev–Trinajstić information content (AvgIpc) is 2.73. The largest absolute Gasteiger partial charge is 0.342 e. The minimum Gasteiger partial charge on any atom is -0.342 e. The lowest BCUT2D eigenvalue weighted by molar-refractivity contribution is 0.0797. The number of hydrogen-bond acceptors (Lipinski definition) is 2. The molecule has 2 rings (SSSR count). The summed E-state index contributed by atoms with van der Waals surface area (Å²) in [6, 6.07) is 9.17. The Balaban J connectivity index is 0. The second-order valence-electron chi connectivity index (χ2n) is 6.65. The maximum atomic E-state index is 12.3. The van der Waals surface area contributed by atoms with Crippen LogP contribution in [-0.4, -0.2) is 29.4 Å². The first-order valence-electron chi connectivity index (χ1n) is 11.3. The zero-order chi connectivity index (χ0) is 22.7. The molecule has 0 aliphatic heterocycles. The van der Waals surface area contributed by atoms with Gasteiger partial charge in [-0.1, -0.05) is 110 Å². The minimum atomic E-state index is -0.0163. The number of fused-ring (bicyclic) bond motifs is 1. The van der Waals surface area contributed by atoms with E-state index in [0.29, 0.717) is 10.7 Å². The van der Waals surface area contributed by atoms with Crippen molar-refractivity contribution in [3.8, 4) is 0 Å².